The fourth-order valence-electron chi connectivity index (χ4n) is 4.01. The molecule has 0 saturated carbocycles. The van der Waals surface area contributed by atoms with Crippen molar-refractivity contribution in [3.8, 4) is 11.5 Å². The fraction of sp³-hybridized carbons (Fsp3) is 0.429. The molecule has 2 fully saturated rings. The van der Waals surface area contributed by atoms with Crippen molar-refractivity contribution >= 4 is 23.6 Å². The SMILES string of the molecule is COc1cc(OC)cc(C(=O)N2CCSC23CCN(C(=O)c2ccco2)CC3)c1. The number of thioether (sulfide) groups is 1. The van der Waals surface area contributed by atoms with Crippen LogP contribution in [0.1, 0.15) is 33.8 Å². The Labute approximate surface area is 173 Å². The van der Waals surface area contributed by atoms with Crippen LogP contribution in [-0.2, 0) is 0 Å². The van der Waals surface area contributed by atoms with Gasteiger partial charge in [0.05, 0.1) is 25.4 Å². The average molecular weight is 416 g/mol. The zero-order valence-electron chi connectivity index (χ0n) is 16.6. The number of hydrogen-bond acceptors (Lipinski definition) is 6. The lowest BCUT2D eigenvalue weighted by Crippen LogP contribution is -2.53. The number of benzene rings is 1. The van der Waals surface area contributed by atoms with E-state index in [1.165, 1.54) is 6.26 Å². The van der Waals surface area contributed by atoms with Crippen molar-refractivity contribution in [1.82, 2.24) is 9.80 Å². The van der Waals surface area contributed by atoms with Crippen molar-refractivity contribution in [3.05, 3.63) is 47.9 Å². The summed E-state index contributed by atoms with van der Waals surface area (Å²) in [5.74, 6) is 2.30. The molecule has 0 N–H and O–H groups in total. The van der Waals surface area contributed by atoms with Gasteiger partial charge in [0, 0.05) is 37.0 Å². The summed E-state index contributed by atoms with van der Waals surface area (Å²) >= 11 is 1.81. The van der Waals surface area contributed by atoms with E-state index in [2.05, 4.69) is 0 Å². The number of carbonyl (C=O) groups excluding carboxylic acids is 2. The lowest BCUT2D eigenvalue weighted by Gasteiger charge is -2.44. The number of ether oxygens (including phenoxy) is 2. The molecule has 0 unspecified atom stereocenters. The third kappa shape index (κ3) is 3.69. The van der Waals surface area contributed by atoms with Gasteiger partial charge in [-0.25, -0.2) is 0 Å². The van der Waals surface area contributed by atoms with Gasteiger partial charge in [-0.3, -0.25) is 9.59 Å². The molecule has 2 aliphatic rings. The third-order valence-corrected chi connectivity index (χ3v) is 7.14. The first-order chi connectivity index (χ1) is 14.1. The van der Waals surface area contributed by atoms with Gasteiger partial charge in [0.15, 0.2) is 5.76 Å². The topological polar surface area (TPSA) is 72.2 Å². The van der Waals surface area contributed by atoms with Crippen LogP contribution in [0.3, 0.4) is 0 Å². The van der Waals surface area contributed by atoms with Gasteiger partial charge >= 0.3 is 0 Å². The second-order valence-corrected chi connectivity index (χ2v) is 8.58. The van der Waals surface area contributed by atoms with Gasteiger partial charge < -0.3 is 23.7 Å². The fourth-order valence-corrected chi connectivity index (χ4v) is 5.47. The number of hydrogen-bond donors (Lipinski definition) is 0. The lowest BCUT2D eigenvalue weighted by molar-refractivity contribution is 0.0483. The Hall–Kier alpha value is -2.61. The van der Waals surface area contributed by atoms with E-state index in [1.807, 2.05) is 16.7 Å². The van der Waals surface area contributed by atoms with E-state index >= 15 is 0 Å². The average Bonchev–Trinajstić information content (AvgIpc) is 3.43. The largest absolute Gasteiger partial charge is 0.497 e. The molecule has 8 heteroatoms. The summed E-state index contributed by atoms with van der Waals surface area (Å²) in [6.45, 7) is 1.88. The van der Waals surface area contributed by atoms with Crippen LogP contribution in [-0.4, -0.2) is 66.1 Å². The lowest BCUT2D eigenvalue weighted by atomic mass is 10.0. The molecule has 1 aromatic carbocycles. The molecule has 0 atom stereocenters. The maximum atomic E-state index is 13.4. The molecule has 2 aliphatic heterocycles. The van der Waals surface area contributed by atoms with E-state index in [0.717, 1.165) is 18.6 Å². The number of rotatable bonds is 4. The Morgan fingerprint density at radius 1 is 1.03 bits per heavy atom. The summed E-state index contributed by atoms with van der Waals surface area (Å²) in [6.07, 6.45) is 2.97. The molecule has 29 heavy (non-hydrogen) atoms. The third-order valence-electron chi connectivity index (χ3n) is 5.58. The minimum Gasteiger partial charge on any atom is -0.497 e. The summed E-state index contributed by atoms with van der Waals surface area (Å²) in [5.41, 5.74) is 0.553. The molecular weight excluding hydrogens is 392 g/mol. The first-order valence-corrected chi connectivity index (χ1v) is 10.6. The quantitative estimate of drug-likeness (QED) is 0.763. The minimum atomic E-state index is -0.284. The van der Waals surface area contributed by atoms with Gasteiger partial charge in [0.2, 0.25) is 0 Å². The molecule has 0 radical (unpaired) electrons. The molecule has 154 valence electrons. The minimum absolute atomic E-state index is 0.0296. The predicted molar refractivity (Wildman–Crippen MR) is 110 cm³/mol. The van der Waals surface area contributed by atoms with Crippen molar-refractivity contribution in [2.75, 3.05) is 39.6 Å². The Morgan fingerprint density at radius 3 is 2.31 bits per heavy atom. The summed E-state index contributed by atoms with van der Waals surface area (Å²) in [7, 11) is 3.14. The first kappa shape index (κ1) is 19.7. The van der Waals surface area contributed by atoms with Gasteiger partial charge in [0.1, 0.15) is 11.5 Å². The number of piperidine rings is 1. The summed E-state index contributed by atoms with van der Waals surface area (Å²) in [6, 6.07) is 8.65. The van der Waals surface area contributed by atoms with Crippen LogP contribution in [0.5, 0.6) is 11.5 Å². The first-order valence-electron chi connectivity index (χ1n) is 9.58. The molecule has 2 amide bonds. The normalized spacial score (nSPS) is 18.1. The number of likely N-dealkylation sites (tertiary alicyclic amines) is 1. The van der Waals surface area contributed by atoms with E-state index in [9.17, 15) is 9.59 Å². The second-order valence-electron chi connectivity index (χ2n) is 7.12. The van der Waals surface area contributed by atoms with Crippen LogP contribution in [0.15, 0.2) is 41.0 Å². The highest BCUT2D eigenvalue weighted by Gasteiger charge is 2.47. The van der Waals surface area contributed by atoms with E-state index in [0.29, 0.717) is 42.5 Å². The number of amides is 2. The van der Waals surface area contributed by atoms with E-state index < -0.39 is 0 Å². The van der Waals surface area contributed by atoms with Gasteiger partial charge in [-0.1, -0.05) is 0 Å². The van der Waals surface area contributed by atoms with Gasteiger partial charge in [-0.2, -0.15) is 0 Å². The zero-order chi connectivity index (χ0) is 20.4. The molecular formula is C21H24N2O5S. The maximum absolute atomic E-state index is 13.4. The monoisotopic (exact) mass is 416 g/mol. The van der Waals surface area contributed by atoms with Crippen LogP contribution in [0.2, 0.25) is 0 Å². The highest BCUT2D eigenvalue weighted by Crippen LogP contribution is 2.45. The van der Waals surface area contributed by atoms with E-state index in [-0.39, 0.29) is 16.7 Å². The number of methoxy groups -OCH3 is 2. The summed E-state index contributed by atoms with van der Waals surface area (Å²) in [5, 5.41) is 0. The van der Waals surface area contributed by atoms with Crippen LogP contribution in [0.4, 0.5) is 0 Å². The van der Waals surface area contributed by atoms with Crippen LogP contribution < -0.4 is 9.47 Å². The molecule has 2 saturated heterocycles. The van der Waals surface area contributed by atoms with Gasteiger partial charge in [-0.05, 0) is 37.1 Å². The Balaban J connectivity index is 1.51. The van der Waals surface area contributed by atoms with Gasteiger partial charge in [-0.15, -0.1) is 11.8 Å². The van der Waals surface area contributed by atoms with Crippen LogP contribution in [0.25, 0.3) is 0 Å². The Bertz CT molecular complexity index is 868. The van der Waals surface area contributed by atoms with E-state index in [4.69, 9.17) is 13.9 Å². The van der Waals surface area contributed by atoms with Crippen molar-refractivity contribution in [1.29, 1.82) is 0 Å². The second kappa shape index (κ2) is 8.02. The predicted octanol–water partition coefficient (Wildman–Crippen LogP) is 3.12. The molecule has 7 nitrogen and oxygen atoms in total. The molecule has 2 aromatic rings. The molecule has 1 spiro atoms. The van der Waals surface area contributed by atoms with Crippen molar-refractivity contribution < 1.29 is 23.5 Å². The highest BCUT2D eigenvalue weighted by molar-refractivity contribution is 8.00. The Kier molecular flexibility index (Phi) is 5.45. The Morgan fingerprint density at radius 2 is 1.72 bits per heavy atom. The van der Waals surface area contributed by atoms with Crippen molar-refractivity contribution in [2.24, 2.45) is 0 Å². The molecule has 3 heterocycles. The zero-order valence-corrected chi connectivity index (χ0v) is 17.4. The van der Waals surface area contributed by atoms with Crippen molar-refractivity contribution in [3.63, 3.8) is 0 Å². The van der Waals surface area contributed by atoms with Crippen LogP contribution in [0, 0.1) is 0 Å². The summed E-state index contributed by atoms with van der Waals surface area (Å²) < 4.78 is 15.9. The highest BCUT2D eigenvalue weighted by atomic mass is 32.2. The smallest absolute Gasteiger partial charge is 0.289 e. The number of nitrogens with zero attached hydrogens (tertiary/aromatic N) is 2. The molecule has 0 aliphatic carbocycles. The molecule has 1 aromatic heterocycles. The van der Waals surface area contributed by atoms with E-state index in [1.54, 1.807) is 49.5 Å². The maximum Gasteiger partial charge on any atom is 0.289 e. The molecule has 4 rings (SSSR count). The van der Waals surface area contributed by atoms with Crippen molar-refractivity contribution in [2.45, 2.75) is 17.7 Å². The summed E-state index contributed by atoms with van der Waals surface area (Å²) in [4.78, 5) is 29.4. The number of furan rings is 1. The number of carbonyl (C=O) groups is 2. The van der Waals surface area contributed by atoms with Crippen LogP contribution >= 0.6 is 11.8 Å². The molecule has 0 bridgehead atoms. The standard InChI is InChI=1S/C21H24N2O5S/c1-26-16-12-15(13-17(14-16)27-2)19(24)23-9-11-29-21(23)5-7-22(8-6-21)20(25)18-4-3-10-28-18/h3-4,10,12-14H,5-9,11H2,1-2H3. The van der Waals surface area contributed by atoms with Gasteiger partial charge in [0.25, 0.3) is 11.8 Å².